The van der Waals surface area contributed by atoms with Crippen molar-refractivity contribution in [1.82, 2.24) is 0 Å². The SMILES string of the molecule is Cc1cccc2ccc(C(C)(C)N)cc12. The third kappa shape index (κ3) is 1.88. The molecule has 0 aliphatic rings. The van der Waals surface area contributed by atoms with Crippen LogP contribution < -0.4 is 5.73 Å². The van der Waals surface area contributed by atoms with Gasteiger partial charge in [0.1, 0.15) is 0 Å². The van der Waals surface area contributed by atoms with Gasteiger partial charge in [-0.1, -0.05) is 30.3 Å². The van der Waals surface area contributed by atoms with E-state index in [1.807, 2.05) is 13.8 Å². The topological polar surface area (TPSA) is 26.0 Å². The highest BCUT2D eigenvalue weighted by Crippen LogP contribution is 2.24. The van der Waals surface area contributed by atoms with Crippen molar-refractivity contribution in [2.75, 3.05) is 0 Å². The Balaban J connectivity index is 2.70. The van der Waals surface area contributed by atoms with Gasteiger partial charge in [-0.3, -0.25) is 0 Å². The summed E-state index contributed by atoms with van der Waals surface area (Å²) < 4.78 is 0. The number of hydrogen-bond acceptors (Lipinski definition) is 1. The summed E-state index contributed by atoms with van der Waals surface area (Å²) in [5, 5.41) is 2.58. The summed E-state index contributed by atoms with van der Waals surface area (Å²) in [4.78, 5) is 0. The van der Waals surface area contributed by atoms with Gasteiger partial charge in [-0.05, 0) is 48.7 Å². The molecule has 0 aliphatic carbocycles. The smallest absolute Gasteiger partial charge is 0.0352 e. The Labute approximate surface area is 90.9 Å². The van der Waals surface area contributed by atoms with Crippen LogP contribution in [0.1, 0.15) is 25.0 Å². The Hall–Kier alpha value is -1.34. The van der Waals surface area contributed by atoms with Gasteiger partial charge in [0.05, 0.1) is 0 Å². The van der Waals surface area contributed by atoms with Crippen LogP contribution in [0.4, 0.5) is 0 Å². The second-order valence-electron chi connectivity index (χ2n) is 4.73. The number of benzene rings is 2. The zero-order valence-electron chi connectivity index (χ0n) is 9.54. The zero-order valence-corrected chi connectivity index (χ0v) is 9.54. The second kappa shape index (κ2) is 3.35. The molecule has 2 aromatic carbocycles. The summed E-state index contributed by atoms with van der Waals surface area (Å²) in [7, 11) is 0. The van der Waals surface area contributed by atoms with Crippen molar-refractivity contribution in [3.8, 4) is 0 Å². The fraction of sp³-hybridized carbons (Fsp3) is 0.286. The van der Waals surface area contributed by atoms with Crippen molar-refractivity contribution in [2.45, 2.75) is 26.3 Å². The van der Waals surface area contributed by atoms with Gasteiger partial charge in [0.15, 0.2) is 0 Å². The summed E-state index contributed by atoms with van der Waals surface area (Å²) in [6.45, 7) is 6.20. The average molecular weight is 199 g/mol. The minimum Gasteiger partial charge on any atom is -0.322 e. The largest absolute Gasteiger partial charge is 0.322 e. The molecule has 2 rings (SSSR count). The highest BCUT2D eigenvalue weighted by molar-refractivity contribution is 5.86. The van der Waals surface area contributed by atoms with Crippen LogP contribution in [0.2, 0.25) is 0 Å². The number of aryl methyl sites for hydroxylation is 1. The Morgan fingerprint density at radius 2 is 1.80 bits per heavy atom. The Morgan fingerprint density at radius 1 is 1.07 bits per heavy atom. The van der Waals surface area contributed by atoms with Gasteiger partial charge in [0, 0.05) is 5.54 Å². The van der Waals surface area contributed by atoms with E-state index >= 15 is 0 Å². The summed E-state index contributed by atoms with van der Waals surface area (Å²) >= 11 is 0. The summed E-state index contributed by atoms with van der Waals surface area (Å²) in [6.07, 6.45) is 0. The van der Waals surface area contributed by atoms with Gasteiger partial charge in [0.25, 0.3) is 0 Å². The summed E-state index contributed by atoms with van der Waals surface area (Å²) in [5.41, 5.74) is 8.32. The monoisotopic (exact) mass is 199 g/mol. The zero-order chi connectivity index (χ0) is 11.1. The maximum atomic E-state index is 6.10. The van der Waals surface area contributed by atoms with E-state index < -0.39 is 0 Å². The van der Waals surface area contributed by atoms with Crippen LogP contribution in [0.3, 0.4) is 0 Å². The van der Waals surface area contributed by atoms with Crippen LogP contribution >= 0.6 is 0 Å². The van der Waals surface area contributed by atoms with Crippen molar-refractivity contribution < 1.29 is 0 Å². The molecule has 1 nitrogen and oxygen atoms in total. The number of fused-ring (bicyclic) bond motifs is 1. The molecule has 0 spiro atoms. The van der Waals surface area contributed by atoms with Crippen molar-refractivity contribution in [3.05, 3.63) is 47.5 Å². The van der Waals surface area contributed by atoms with Crippen LogP contribution in [-0.2, 0) is 5.54 Å². The molecule has 2 aromatic rings. The predicted molar refractivity (Wildman–Crippen MR) is 65.9 cm³/mol. The first kappa shape index (κ1) is 10.2. The minimum absolute atomic E-state index is 0.267. The lowest BCUT2D eigenvalue weighted by molar-refractivity contribution is 0.555. The van der Waals surface area contributed by atoms with E-state index in [1.165, 1.54) is 21.9 Å². The molecule has 0 aromatic heterocycles. The lowest BCUT2D eigenvalue weighted by Crippen LogP contribution is -2.28. The molecule has 0 radical (unpaired) electrons. The van der Waals surface area contributed by atoms with Crippen LogP contribution in [0.5, 0.6) is 0 Å². The molecule has 1 heteroatoms. The van der Waals surface area contributed by atoms with Crippen LogP contribution in [-0.4, -0.2) is 0 Å². The van der Waals surface area contributed by atoms with Crippen LogP contribution in [0, 0.1) is 6.92 Å². The van der Waals surface area contributed by atoms with E-state index in [2.05, 4.69) is 43.3 Å². The molecule has 0 fully saturated rings. The van der Waals surface area contributed by atoms with Gasteiger partial charge >= 0.3 is 0 Å². The van der Waals surface area contributed by atoms with Crippen molar-refractivity contribution in [2.24, 2.45) is 5.73 Å². The van der Waals surface area contributed by atoms with Gasteiger partial charge in [-0.2, -0.15) is 0 Å². The predicted octanol–water partition coefficient (Wildman–Crippen LogP) is 3.34. The fourth-order valence-corrected chi connectivity index (χ4v) is 1.83. The standard InChI is InChI=1S/C14H17N/c1-10-5-4-6-11-7-8-12(9-13(10)11)14(2,3)15/h4-9H,15H2,1-3H3. The third-order valence-electron chi connectivity index (χ3n) is 2.84. The number of nitrogens with two attached hydrogens (primary N) is 1. The molecule has 0 amide bonds. The lowest BCUT2D eigenvalue weighted by atomic mass is 9.92. The van der Waals surface area contributed by atoms with Crippen LogP contribution in [0.25, 0.3) is 10.8 Å². The third-order valence-corrected chi connectivity index (χ3v) is 2.84. The van der Waals surface area contributed by atoms with Gasteiger partial charge in [-0.25, -0.2) is 0 Å². The van der Waals surface area contributed by atoms with Crippen LogP contribution in [0.15, 0.2) is 36.4 Å². The normalized spacial score (nSPS) is 12.0. The second-order valence-corrected chi connectivity index (χ2v) is 4.73. The molecule has 0 unspecified atom stereocenters. The van der Waals surface area contributed by atoms with E-state index in [4.69, 9.17) is 5.73 Å². The first-order valence-electron chi connectivity index (χ1n) is 5.27. The van der Waals surface area contributed by atoms with E-state index in [1.54, 1.807) is 0 Å². The van der Waals surface area contributed by atoms with Crippen molar-refractivity contribution in [1.29, 1.82) is 0 Å². The number of rotatable bonds is 1. The first-order chi connectivity index (χ1) is 6.98. The molecular weight excluding hydrogens is 182 g/mol. The molecular formula is C14H17N. The Kier molecular flexibility index (Phi) is 2.28. The van der Waals surface area contributed by atoms with Gasteiger partial charge in [-0.15, -0.1) is 0 Å². The Morgan fingerprint density at radius 3 is 2.47 bits per heavy atom. The fourth-order valence-electron chi connectivity index (χ4n) is 1.83. The Bertz CT molecular complexity index is 492. The minimum atomic E-state index is -0.267. The first-order valence-corrected chi connectivity index (χ1v) is 5.27. The highest BCUT2D eigenvalue weighted by Gasteiger charge is 2.14. The quantitative estimate of drug-likeness (QED) is 0.749. The number of hydrogen-bond donors (Lipinski definition) is 1. The molecule has 0 heterocycles. The summed E-state index contributed by atoms with van der Waals surface area (Å²) in [6, 6.07) is 12.8. The van der Waals surface area contributed by atoms with E-state index in [0.717, 1.165) is 0 Å². The molecule has 15 heavy (non-hydrogen) atoms. The average Bonchev–Trinajstić information content (AvgIpc) is 2.16. The molecule has 0 saturated carbocycles. The van der Waals surface area contributed by atoms with E-state index in [-0.39, 0.29) is 5.54 Å². The molecule has 0 atom stereocenters. The van der Waals surface area contributed by atoms with E-state index in [0.29, 0.717) is 0 Å². The van der Waals surface area contributed by atoms with Crippen molar-refractivity contribution >= 4 is 10.8 Å². The van der Waals surface area contributed by atoms with Gasteiger partial charge in [0.2, 0.25) is 0 Å². The van der Waals surface area contributed by atoms with Crippen molar-refractivity contribution in [3.63, 3.8) is 0 Å². The van der Waals surface area contributed by atoms with Gasteiger partial charge < -0.3 is 5.73 Å². The molecule has 0 aliphatic heterocycles. The lowest BCUT2D eigenvalue weighted by Gasteiger charge is -2.20. The summed E-state index contributed by atoms with van der Waals surface area (Å²) in [5.74, 6) is 0. The maximum Gasteiger partial charge on any atom is 0.0352 e. The molecule has 78 valence electrons. The molecule has 0 saturated heterocycles. The molecule has 2 N–H and O–H groups in total. The maximum absolute atomic E-state index is 6.10. The highest BCUT2D eigenvalue weighted by atomic mass is 14.7. The van der Waals surface area contributed by atoms with E-state index in [9.17, 15) is 0 Å². The molecule has 0 bridgehead atoms.